The SMILES string of the molecule is C=C(C)COC(OO)c1ccccc1. The molecule has 0 aromatic heterocycles. The van der Waals surface area contributed by atoms with Crippen LogP contribution in [0.2, 0.25) is 0 Å². The third kappa shape index (κ3) is 3.30. The lowest BCUT2D eigenvalue weighted by Gasteiger charge is -2.14. The molecule has 0 radical (unpaired) electrons. The van der Waals surface area contributed by atoms with Gasteiger partial charge in [-0.3, -0.25) is 0 Å². The number of hydrogen-bond acceptors (Lipinski definition) is 3. The predicted octanol–water partition coefficient (Wildman–Crippen LogP) is 2.77. The van der Waals surface area contributed by atoms with Crippen molar-refractivity contribution >= 4 is 0 Å². The lowest BCUT2D eigenvalue weighted by atomic mass is 10.2. The molecule has 1 atom stereocenters. The molecule has 0 heterocycles. The molecule has 0 saturated carbocycles. The first-order valence-corrected chi connectivity index (χ1v) is 4.35. The van der Waals surface area contributed by atoms with Gasteiger partial charge in [0.25, 0.3) is 0 Å². The highest BCUT2D eigenvalue weighted by Gasteiger charge is 2.11. The van der Waals surface area contributed by atoms with E-state index in [1.54, 1.807) is 0 Å². The quantitative estimate of drug-likeness (QED) is 0.339. The fraction of sp³-hybridized carbons (Fsp3) is 0.273. The highest BCUT2D eigenvalue weighted by atomic mass is 17.1. The van der Waals surface area contributed by atoms with Gasteiger partial charge < -0.3 is 4.74 Å². The first-order valence-electron chi connectivity index (χ1n) is 4.35. The minimum atomic E-state index is -0.743. The lowest BCUT2D eigenvalue weighted by molar-refractivity contribution is -0.349. The largest absolute Gasteiger partial charge is 0.342 e. The molecule has 0 aliphatic rings. The highest BCUT2D eigenvalue weighted by molar-refractivity contribution is 5.15. The molecule has 0 bridgehead atoms. The van der Waals surface area contributed by atoms with Crippen LogP contribution in [-0.4, -0.2) is 11.9 Å². The van der Waals surface area contributed by atoms with Gasteiger partial charge in [0.1, 0.15) is 0 Å². The van der Waals surface area contributed by atoms with Crippen LogP contribution >= 0.6 is 0 Å². The van der Waals surface area contributed by atoms with Crippen molar-refractivity contribution in [2.45, 2.75) is 13.2 Å². The van der Waals surface area contributed by atoms with Gasteiger partial charge >= 0.3 is 0 Å². The van der Waals surface area contributed by atoms with Crippen LogP contribution in [-0.2, 0) is 9.62 Å². The van der Waals surface area contributed by atoms with E-state index in [0.29, 0.717) is 6.61 Å². The fourth-order valence-corrected chi connectivity index (χ4v) is 1.02. The molecule has 0 spiro atoms. The average molecular weight is 194 g/mol. The Morgan fingerprint density at radius 2 is 2.07 bits per heavy atom. The second-order valence-corrected chi connectivity index (χ2v) is 3.12. The molecule has 76 valence electrons. The van der Waals surface area contributed by atoms with Gasteiger partial charge in [-0.2, -0.15) is 0 Å². The average Bonchev–Trinajstić information content (AvgIpc) is 2.20. The van der Waals surface area contributed by atoms with Crippen molar-refractivity contribution in [1.29, 1.82) is 0 Å². The molecular weight excluding hydrogens is 180 g/mol. The van der Waals surface area contributed by atoms with Crippen LogP contribution in [0.1, 0.15) is 18.8 Å². The van der Waals surface area contributed by atoms with Gasteiger partial charge in [0.2, 0.25) is 6.29 Å². The Morgan fingerprint density at radius 1 is 1.43 bits per heavy atom. The third-order valence-corrected chi connectivity index (χ3v) is 1.65. The number of hydrogen-bond donors (Lipinski definition) is 1. The Kier molecular flexibility index (Phi) is 4.32. The Balaban J connectivity index is 2.58. The molecule has 0 fully saturated rings. The Morgan fingerprint density at radius 3 is 2.57 bits per heavy atom. The van der Waals surface area contributed by atoms with Gasteiger partial charge in [-0.25, -0.2) is 10.1 Å². The number of benzene rings is 1. The third-order valence-electron chi connectivity index (χ3n) is 1.65. The van der Waals surface area contributed by atoms with Gasteiger partial charge in [0.15, 0.2) is 0 Å². The van der Waals surface area contributed by atoms with Crippen LogP contribution in [0.25, 0.3) is 0 Å². The maximum atomic E-state index is 8.64. The van der Waals surface area contributed by atoms with Crippen LogP contribution < -0.4 is 0 Å². The summed E-state index contributed by atoms with van der Waals surface area (Å²) in [5, 5.41) is 8.64. The van der Waals surface area contributed by atoms with Crippen LogP contribution in [0, 0.1) is 0 Å². The van der Waals surface area contributed by atoms with Gasteiger partial charge in [0, 0.05) is 5.56 Å². The summed E-state index contributed by atoms with van der Waals surface area (Å²) in [6, 6.07) is 9.23. The molecule has 0 aliphatic heterocycles. The van der Waals surface area contributed by atoms with Gasteiger partial charge in [-0.1, -0.05) is 42.5 Å². The van der Waals surface area contributed by atoms with Crippen LogP contribution in [0.3, 0.4) is 0 Å². The van der Waals surface area contributed by atoms with E-state index < -0.39 is 6.29 Å². The minimum absolute atomic E-state index is 0.361. The predicted molar refractivity (Wildman–Crippen MR) is 53.7 cm³/mol. The molecule has 1 aromatic carbocycles. The molecular formula is C11H14O3. The van der Waals surface area contributed by atoms with Crippen molar-refractivity contribution in [3.8, 4) is 0 Å². The van der Waals surface area contributed by atoms with Gasteiger partial charge in [-0.05, 0) is 6.92 Å². The minimum Gasteiger partial charge on any atom is -0.342 e. The zero-order chi connectivity index (χ0) is 10.4. The highest BCUT2D eigenvalue weighted by Crippen LogP contribution is 2.17. The zero-order valence-corrected chi connectivity index (χ0v) is 8.14. The second kappa shape index (κ2) is 5.54. The van der Waals surface area contributed by atoms with Gasteiger partial charge in [-0.15, -0.1) is 0 Å². The Hall–Kier alpha value is -1.16. The molecule has 3 nitrogen and oxygen atoms in total. The van der Waals surface area contributed by atoms with E-state index in [1.165, 1.54) is 0 Å². The number of ether oxygens (including phenoxy) is 1. The van der Waals surface area contributed by atoms with E-state index in [1.807, 2.05) is 37.3 Å². The van der Waals surface area contributed by atoms with E-state index in [9.17, 15) is 0 Å². The summed E-state index contributed by atoms with van der Waals surface area (Å²) in [5.74, 6) is 0. The fourth-order valence-electron chi connectivity index (χ4n) is 1.02. The van der Waals surface area contributed by atoms with Crippen molar-refractivity contribution < 1.29 is 14.9 Å². The molecule has 0 aliphatic carbocycles. The van der Waals surface area contributed by atoms with E-state index in [4.69, 9.17) is 9.99 Å². The summed E-state index contributed by atoms with van der Waals surface area (Å²) >= 11 is 0. The van der Waals surface area contributed by atoms with Crippen LogP contribution in [0.15, 0.2) is 42.5 Å². The molecule has 14 heavy (non-hydrogen) atoms. The van der Waals surface area contributed by atoms with E-state index in [-0.39, 0.29) is 0 Å². The molecule has 1 rings (SSSR count). The van der Waals surface area contributed by atoms with Crippen LogP contribution in [0.5, 0.6) is 0 Å². The molecule has 0 saturated heterocycles. The maximum absolute atomic E-state index is 8.64. The topological polar surface area (TPSA) is 38.7 Å². The van der Waals surface area contributed by atoms with Crippen molar-refractivity contribution in [1.82, 2.24) is 0 Å². The molecule has 1 N–H and O–H groups in total. The molecule has 1 aromatic rings. The summed E-state index contributed by atoms with van der Waals surface area (Å²) in [7, 11) is 0. The van der Waals surface area contributed by atoms with E-state index in [0.717, 1.165) is 11.1 Å². The lowest BCUT2D eigenvalue weighted by Crippen LogP contribution is -2.08. The molecule has 1 unspecified atom stereocenters. The Bertz CT molecular complexity index is 282. The maximum Gasteiger partial charge on any atom is 0.217 e. The standard InChI is InChI=1S/C11H14O3/c1-9(2)8-13-11(14-12)10-6-4-3-5-7-10/h3-7,11-12H,1,8H2,2H3. The Labute approximate surface area is 83.5 Å². The summed E-state index contributed by atoms with van der Waals surface area (Å²) < 4.78 is 5.27. The zero-order valence-electron chi connectivity index (χ0n) is 8.14. The number of rotatable bonds is 5. The van der Waals surface area contributed by atoms with Crippen molar-refractivity contribution in [3.05, 3.63) is 48.0 Å². The van der Waals surface area contributed by atoms with Crippen LogP contribution in [0.4, 0.5) is 0 Å². The van der Waals surface area contributed by atoms with Crippen molar-refractivity contribution in [3.63, 3.8) is 0 Å². The smallest absolute Gasteiger partial charge is 0.217 e. The molecule has 0 amide bonds. The molecule has 3 heteroatoms. The van der Waals surface area contributed by atoms with Gasteiger partial charge in [0.05, 0.1) is 6.61 Å². The van der Waals surface area contributed by atoms with E-state index >= 15 is 0 Å². The first kappa shape index (κ1) is 10.9. The summed E-state index contributed by atoms with van der Waals surface area (Å²) in [6.45, 7) is 5.90. The monoisotopic (exact) mass is 194 g/mol. The van der Waals surface area contributed by atoms with Crippen molar-refractivity contribution in [2.24, 2.45) is 0 Å². The van der Waals surface area contributed by atoms with E-state index in [2.05, 4.69) is 11.5 Å². The summed E-state index contributed by atoms with van der Waals surface area (Å²) in [6.07, 6.45) is -0.743. The normalized spacial score (nSPS) is 12.4. The van der Waals surface area contributed by atoms with Crippen molar-refractivity contribution in [2.75, 3.05) is 6.61 Å². The summed E-state index contributed by atoms with van der Waals surface area (Å²) in [5.41, 5.74) is 1.65. The second-order valence-electron chi connectivity index (χ2n) is 3.12. The summed E-state index contributed by atoms with van der Waals surface area (Å²) in [4.78, 5) is 4.22. The first-order chi connectivity index (χ1) is 6.74.